The summed E-state index contributed by atoms with van der Waals surface area (Å²) in [6, 6.07) is 12.5. The molecule has 4 aromatic rings. The van der Waals surface area contributed by atoms with Crippen LogP contribution in [0.5, 0.6) is 0 Å². The highest BCUT2D eigenvalue weighted by molar-refractivity contribution is 6.03. The zero-order valence-electron chi connectivity index (χ0n) is 24.0. The van der Waals surface area contributed by atoms with Crippen molar-refractivity contribution >= 4 is 22.9 Å². The summed E-state index contributed by atoms with van der Waals surface area (Å²) in [4.78, 5) is 25.1. The number of aryl methyl sites for hydroxylation is 1. The molecule has 3 aromatic heterocycles. The Labute approximate surface area is 231 Å². The van der Waals surface area contributed by atoms with Gasteiger partial charge in [0.05, 0.1) is 29.9 Å². The molecule has 0 unspecified atom stereocenters. The summed E-state index contributed by atoms with van der Waals surface area (Å²) in [5.41, 5.74) is 8.80. The summed E-state index contributed by atoms with van der Waals surface area (Å²) < 4.78 is 7.85. The third-order valence-corrected chi connectivity index (χ3v) is 8.03. The minimum absolute atomic E-state index is 0.0269. The van der Waals surface area contributed by atoms with Gasteiger partial charge in [0, 0.05) is 35.9 Å². The number of rotatable bonds is 9. The molecular weight excluding hydrogens is 486 g/mol. The summed E-state index contributed by atoms with van der Waals surface area (Å²) in [6.07, 6.45) is 5.64. The van der Waals surface area contributed by atoms with E-state index in [1.807, 2.05) is 24.5 Å². The third-order valence-electron chi connectivity index (χ3n) is 8.03. The number of nitrogens with zero attached hydrogens (tertiary/aromatic N) is 4. The maximum absolute atomic E-state index is 13.1. The monoisotopic (exact) mass is 525 g/mol. The predicted octanol–water partition coefficient (Wildman–Crippen LogP) is 6.34. The van der Waals surface area contributed by atoms with Gasteiger partial charge in [-0.15, -0.1) is 0 Å². The molecule has 1 saturated heterocycles. The zero-order chi connectivity index (χ0) is 27.7. The van der Waals surface area contributed by atoms with Crippen LogP contribution in [0.15, 0.2) is 48.8 Å². The molecule has 1 aliphatic heterocycles. The summed E-state index contributed by atoms with van der Waals surface area (Å²) in [7, 11) is 2.11. The van der Waals surface area contributed by atoms with Crippen LogP contribution in [0, 0.1) is 6.92 Å². The molecule has 39 heavy (non-hydrogen) atoms. The van der Waals surface area contributed by atoms with Gasteiger partial charge < -0.3 is 15.0 Å². The largest absolute Gasteiger partial charge is 0.380 e. The Morgan fingerprint density at radius 1 is 1.21 bits per heavy atom. The molecule has 0 aliphatic carbocycles. The molecule has 7 nitrogen and oxygen atoms in total. The maximum atomic E-state index is 13.1. The zero-order valence-corrected chi connectivity index (χ0v) is 24.0. The maximum Gasteiger partial charge on any atom is 0.162 e. The Balaban J connectivity index is 1.56. The lowest BCUT2D eigenvalue weighted by Gasteiger charge is -2.27. The Kier molecular flexibility index (Phi) is 7.56. The van der Waals surface area contributed by atoms with Crippen molar-refractivity contribution < 1.29 is 9.53 Å². The topological polar surface area (TPSA) is 71.8 Å². The Morgan fingerprint density at radius 2 is 2.03 bits per heavy atom. The van der Waals surface area contributed by atoms with Crippen molar-refractivity contribution in [2.75, 3.05) is 32.1 Å². The van der Waals surface area contributed by atoms with Gasteiger partial charge in [0.15, 0.2) is 5.78 Å². The lowest BCUT2D eigenvalue weighted by Crippen LogP contribution is -2.27. The van der Waals surface area contributed by atoms with Gasteiger partial charge in [-0.2, -0.15) is 0 Å². The number of ketones is 1. The van der Waals surface area contributed by atoms with Gasteiger partial charge in [-0.25, -0.2) is 9.97 Å². The van der Waals surface area contributed by atoms with Gasteiger partial charge in [-0.1, -0.05) is 32.9 Å². The first-order valence-corrected chi connectivity index (χ1v) is 13.9. The third kappa shape index (κ3) is 5.21. The fourth-order valence-electron chi connectivity index (χ4n) is 5.67. The molecule has 1 N–H and O–H groups in total. The van der Waals surface area contributed by atoms with Crippen LogP contribution in [-0.2, 0) is 23.1 Å². The number of fused-ring (bicyclic) bond motifs is 1. The number of nitrogens with one attached hydrogen (secondary N) is 1. The van der Waals surface area contributed by atoms with Gasteiger partial charge in [0.1, 0.15) is 11.5 Å². The molecule has 7 heteroatoms. The molecule has 0 amide bonds. The fraction of sp³-hybridized carbons (Fsp3) is 0.406. The molecule has 1 aromatic carbocycles. The van der Waals surface area contributed by atoms with Crippen LogP contribution in [0.25, 0.3) is 16.9 Å². The van der Waals surface area contributed by atoms with Gasteiger partial charge in [-0.05, 0) is 81.2 Å². The number of carbonyl (C=O) groups excluding carboxylic acids is 1. The van der Waals surface area contributed by atoms with Crippen molar-refractivity contribution in [2.45, 2.75) is 59.4 Å². The van der Waals surface area contributed by atoms with Gasteiger partial charge in [-0.3, -0.25) is 9.20 Å². The van der Waals surface area contributed by atoms with Gasteiger partial charge in [0.25, 0.3) is 0 Å². The van der Waals surface area contributed by atoms with E-state index in [0.29, 0.717) is 12.2 Å². The predicted molar refractivity (Wildman–Crippen MR) is 157 cm³/mol. The Bertz CT molecular complexity index is 1520. The average Bonchev–Trinajstić information content (AvgIpc) is 3.54. The van der Waals surface area contributed by atoms with Crippen LogP contribution < -0.4 is 5.32 Å². The summed E-state index contributed by atoms with van der Waals surface area (Å²) >= 11 is 0. The number of ether oxygens (including phenoxy) is 1. The number of benzene rings is 1. The second kappa shape index (κ2) is 10.9. The van der Waals surface area contributed by atoms with E-state index in [1.54, 1.807) is 6.92 Å². The van der Waals surface area contributed by atoms with E-state index in [1.165, 1.54) is 5.56 Å². The van der Waals surface area contributed by atoms with Crippen LogP contribution in [-0.4, -0.2) is 51.9 Å². The lowest BCUT2D eigenvalue weighted by molar-refractivity contribution is 0.101. The number of hydrogen-bond acceptors (Lipinski definition) is 6. The number of carbonyl (C=O) groups is 1. The summed E-state index contributed by atoms with van der Waals surface area (Å²) in [5.74, 6) is 0.766. The molecule has 1 aliphatic rings. The highest BCUT2D eigenvalue weighted by Crippen LogP contribution is 2.37. The minimum Gasteiger partial charge on any atom is -0.380 e. The molecule has 0 radical (unpaired) electrons. The highest BCUT2D eigenvalue weighted by Gasteiger charge is 2.34. The number of anilines is 2. The number of hydrogen-bond donors (Lipinski definition) is 1. The summed E-state index contributed by atoms with van der Waals surface area (Å²) in [6.45, 7) is 13.4. The molecule has 0 saturated carbocycles. The highest BCUT2D eigenvalue weighted by atomic mass is 16.5. The van der Waals surface area contributed by atoms with Crippen molar-refractivity contribution in [2.24, 2.45) is 0 Å². The van der Waals surface area contributed by atoms with Crippen molar-refractivity contribution in [1.29, 1.82) is 0 Å². The molecule has 0 spiro atoms. The number of imidazole rings is 1. The van der Waals surface area contributed by atoms with E-state index in [4.69, 9.17) is 9.72 Å². The SMILES string of the molecule is CCc1c(-c2cnc3cc(C)ccn23)ccc(Nc2ccc([C@]3(C)CCOC3)c(CN(C)CC)n2)c1C(C)=O. The molecule has 4 heterocycles. The van der Waals surface area contributed by atoms with E-state index in [-0.39, 0.29) is 11.2 Å². The van der Waals surface area contributed by atoms with E-state index in [9.17, 15) is 4.79 Å². The van der Waals surface area contributed by atoms with Crippen LogP contribution in [0.3, 0.4) is 0 Å². The molecular formula is C32H39N5O2. The molecule has 0 bridgehead atoms. The number of pyridine rings is 2. The Hall–Kier alpha value is -3.55. The van der Waals surface area contributed by atoms with Crippen LogP contribution in [0.1, 0.15) is 66.9 Å². The second-order valence-electron chi connectivity index (χ2n) is 11.0. The van der Waals surface area contributed by atoms with E-state index in [2.05, 4.69) is 78.6 Å². The second-order valence-corrected chi connectivity index (χ2v) is 11.0. The van der Waals surface area contributed by atoms with Crippen LogP contribution in [0.2, 0.25) is 0 Å². The molecule has 204 valence electrons. The number of aromatic nitrogens is 3. The fourth-order valence-corrected chi connectivity index (χ4v) is 5.67. The van der Waals surface area contributed by atoms with E-state index < -0.39 is 0 Å². The first kappa shape index (κ1) is 27.0. The molecule has 1 fully saturated rings. The lowest BCUT2D eigenvalue weighted by atomic mass is 9.81. The van der Waals surface area contributed by atoms with Crippen LogP contribution in [0.4, 0.5) is 11.5 Å². The van der Waals surface area contributed by atoms with Crippen molar-refractivity contribution in [1.82, 2.24) is 19.3 Å². The standard InChI is InChI=1S/C32H39N5O2/c1-7-23-24(28-18-33-30-17-21(3)13-15-37(28)30)9-11-26(31(23)22(4)38)34-29-12-10-25(32(5)14-16-39-20-32)27(35-29)19-36(6)8-2/h9-13,15,17-18H,7-8,14,16,19-20H2,1-6H3,(H,34,35)/t32-/m1/s1. The van der Waals surface area contributed by atoms with Crippen molar-refractivity contribution in [3.8, 4) is 11.3 Å². The molecule has 5 rings (SSSR count). The smallest absolute Gasteiger partial charge is 0.162 e. The average molecular weight is 526 g/mol. The number of Topliss-reactive ketones (excluding diaryl/α,β-unsaturated/α-hetero) is 1. The molecule has 1 atom stereocenters. The summed E-state index contributed by atoms with van der Waals surface area (Å²) in [5, 5.41) is 3.50. The van der Waals surface area contributed by atoms with E-state index in [0.717, 1.165) is 77.8 Å². The van der Waals surface area contributed by atoms with Gasteiger partial charge in [0.2, 0.25) is 0 Å². The van der Waals surface area contributed by atoms with Crippen molar-refractivity contribution in [3.05, 3.63) is 76.7 Å². The van der Waals surface area contributed by atoms with Gasteiger partial charge >= 0.3 is 0 Å². The normalized spacial score (nSPS) is 17.3. The minimum atomic E-state index is -0.0381. The first-order chi connectivity index (χ1) is 18.7. The first-order valence-electron chi connectivity index (χ1n) is 13.9. The Morgan fingerprint density at radius 3 is 2.72 bits per heavy atom. The van der Waals surface area contributed by atoms with Crippen LogP contribution >= 0.6 is 0 Å². The van der Waals surface area contributed by atoms with E-state index >= 15 is 0 Å². The van der Waals surface area contributed by atoms with Crippen molar-refractivity contribution in [3.63, 3.8) is 0 Å². The quantitative estimate of drug-likeness (QED) is 0.257.